The number of carbonyl (C=O) groups is 1. The van der Waals surface area contributed by atoms with Gasteiger partial charge in [-0.05, 0) is 42.8 Å². The number of aromatic carboxylic acids is 1. The Labute approximate surface area is 246 Å². The molecule has 0 aliphatic carbocycles. The molecule has 0 unspecified atom stereocenters. The summed E-state index contributed by atoms with van der Waals surface area (Å²) in [4.78, 5) is 25.8. The molecule has 2 atom stereocenters. The number of hydrogen-bond donors (Lipinski definition) is 1. The molecule has 12 heteroatoms. The third-order valence-corrected chi connectivity index (χ3v) is 8.26. The summed E-state index contributed by atoms with van der Waals surface area (Å²) in [5, 5.41) is 18.5. The molecular weight excluding hydrogens is 555 g/mol. The van der Waals surface area contributed by atoms with Gasteiger partial charge in [-0.25, -0.2) is 14.2 Å². The average Bonchev–Trinajstić information content (AvgIpc) is 3.33. The summed E-state index contributed by atoms with van der Waals surface area (Å²) in [5.74, 6) is 1.16. The zero-order valence-electron chi connectivity index (χ0n) is 23.3. The Morgan fingerprint density at radius 1 is 1.16 bits per heavy atom. The van der Waals surface area contributed by atoms with E-state index in [1.807, 2.05) is 12.1 Å². The number of rotatable bonds is 8. The monoisotopic (exact) mass is 584 g/mol. The van der Waals surface area contributed by atoms with Crippen LogP contribution in [0.2, 0.25) is 0 Å². The standard InChI is InChI=1S/C31H29FN6O5/c32-24-11-19(13-33)1-2-21(24)17-43-29-6-5-27-30(35-29)37-9-8-36(14-22(37)18-42-27)16-28-34-25-4-3-20(31(39)40)12-26(25)38(28)15-23-7-10-41-23/h1-6,11-12,22-23H,7-10,14-18H2,(H,39,40)/t22-,23-/m0/s1. The first-order valence-electron chi connectivity index (χ1n) is 14.2. The Kier molecular flexibility index (Phi) is 7.04. The van der Waals surface area contributed by atoms with Crippen molar-refractivity contribution in [2.45, 2.75) is 38.3 Å². The lowest BCUT2D eigenvalue weighted by atomic mass is 10.1. The fraction of sp³-hybridized carbons (Fsp3) is 0.355. The van der Waals surface area contributed by atoms with Gasteiger partial charge < -0.3 is 28.8 Å². The van der Waals surface area contributed by atoms with Crippen molar-refractivity contribution in [1.29, 1.82) is 5.26 Å². The fourth-order valence-corrected chi connectivity index (χ4v) is 5.84. The van der Waals surface area contributed by atoms with E-state index in [9.17, 15) is 14.3 Å². The molecule has 0 bridgehead atoms. The van der Waals surface area contributed by atoms with E-state index in [2.05, 4.69) is 14.4 Å². The molecule has 7 rings (SSSR count). The minimum atomic E-state index is -0.964. The van der Waals surface area contributed by atoms with Crippen molar-refractivity contribution in [3.8, 4) is 17.7 Å². The average molecular weight is 585 g/mol. The molecule has 2 aromatic heterocycles. The minimum absolute atomic E-state index is 0.0117. The highest BCUT2D eigenvalue weighted by Gasteiger charge is 2.35. The Balaban J connectivity index is 1.06. The molecule has 0 spiro atoms. The maximum atomic E-state index is 14.3. The van der Waals surface area contributed by atoms with Crippen LogP contribution in [0.5, 0.6) is 11.6 Å². The van der Waals surface area contributed by atoms with Crippen LogP contribution in [0.1, 0.15) is 33.7 Å². The summed E-state index contributed by atoms with van der Waals surface area (Å²) in [6, 6.07) is 14.9. The maximum absolute atomic E-state index is 14.3. The van der Waals surface area contributed by atoms with E-state index in [-0.39, 0.29) is 29.9 Å². The number of aromatic nitrogens is 3. The molecule has 220 valence electrons. The van der Waals surface area contributed by atoms with Crippen molar-refractivity contribution in [2.24, 2.45) is 0 Å². The van der Waals surface area contributed by atoms with Gasteiger partial charge in [-0.3, -0.25) is 4.90 Å². The van der Waals surface area contributed by atoms with E-state index < -0.39 is 11.8 Å². The number of fused-ring (bicyclic) bond motifs is 4. The number of nitrogens with zero attached hydrogens (tertiary/aromatic N) is 6. The number of benzene rings is 2. The Morgan fingerprint density at radius 3 is 2.81 bits per heavy atom. The summed E-state index contributed by atoms with van der Waals surface area (Å²) in [5.41, 5.74) is 2.41. The largest absolute Gasteiger partial charge is 0.488 e. The first kappa shape index (κ1) is 27.1. The van der Waals surface area contributed by atoms with Crippen molar-refractivity contribution in [1.82, 2.24) is 19.4 Å². The van der Waals surface area contributed by atoms with Crippen molar-refractivity contribution < 1.29 is 28.5 Å². The fourth-order valence-electron chi connectivity index (χ4n) is 5.84. The molecule has 2 saturated heterocycles. The van der Waals surface area contributed by atoms with Crippen LogP contribution in [0.3, 0.4) is 0 Å². The van der Waals surface area contributed by atoms with Crippen molar-refractivity contribution >= 4 is 22.8 Å². The molecule has 3 aliphatic heterocycles. The van der Waals surface area contributed by atoms with Gasteiger partial charge >= 0.3 is 5.97 Å². The van der Waals surface area contributed by atoms with Gasteiger partial charge in [-0.2, -0.15) is 10.2 Å². The van der Waals surface area contributed by atoms with Crippen molar-refractivity contribution in [2.75, 3.05) is 37.7 Å². The van der Waals surface area contributed by atoms with Gasteiger partial charge in [0.15, 0.2) is 11.6 Å². The summed E-state index contributed by atoms with van der Waals surface area (Å²) >= 11 is 0. The van der Waals surface area contributed by atoms with Crippen LogP contribution in [0.15, 0.2) is 48.5 Å². The van der Waals surface area contributed by atoms with Crippen molar-refractivity contribution in [3.05, 3.63) is 76.9 Å². The van der Waals surface area contributed by atoms with Gasteiger partial charge in [0, 0.05) is 37.9 Å². The van der Waals surface area contributed by atoms with Crippen LogP contribution in [0.25, 0.3) is 11.0 Å². The number of hydrogen-bond acceptors (Lipinski definition) is 9. The number of anilines is 1. The third-order valence-electron chi connectivity index (χ3n) is 8.26. The number of piperazine rings is 1. The molecule has 2 aromatic carbocycles. The predicted octanol–water partition coefficient (Wildman–Crippen LogP) is 3.59. The zero-order chi connectivity index (χ0) is 29.5. The van der Waals surface area contributed by atoms with Crippen LogP contribution in [0.4, 0.5) is 10.2 Å². The number of ether oxygens (including phenoxy) is 3. The molecule has 11 nitrogen and oxygen atoms in total. The maximum Gasteiger partial charge on any atom is 0.335 e. The first-order valence-corrected chi connectivity index (χ1v) is 14.2. The van der Waals surface area contributed by atoms with Crippen LogP contribution >= 0.6 is 0 Å². The van der Waals surface area contributed by atoms with E-state index in [1.54, 1.807) is 36.4 Å². The highest BCUT2D eigenvalue weighted by Crippen LogP contribution is 2.36. The predicted molar refractivity (Wildman–Crippen MR) is 153 cm³/mol. The number of pyridine rings is 1. The van der Waals surface area contributed by atoms with Gasteiger partial charge in [-0.15, -0.1) is 0 Å². The summed E-state index contributed by atoms with van der Waals surface area (Å²) in [6.07, 6.45) is 1.07. The second kappa shape index (κ2) is 11.2. The quantitative estimate of drug-likeness (QED) is 0.328. The Bertz CT molecular complexity index is 1750. The number of carboxylic acids is 1. The smallest absolute Gasteiger partial charge is 0.335 e. The summed E-state index contributed by atoms with van der Waals surface area (Å²) < 4.78 is 34.0. The van der Waals surface area contributed by atoms with Crippen LogP contribution in [0, 0.1) is 17.1 Å². The first-order chi connectivity index (χ1) is 20.9. The second-order valence-corrected chi connectivity index (χ2v) is 11.0. The van der Waals surface area contributed by atoms with E-state index in [1.165, 1.54) is 6.07 Å². The zero-order valence-corrected chi connectivity index (χ0v) is 23.3. The van der Waals surface area contributed by atoms with Crippen LogP contribution in [-0.2, 0) is 24.4 Å². The number of imidazole rings is 1. The molecule has 2 fully saturated rings. The number of carboxylic acid groups (broad SMARTS) is 1. The molecule has 1 N–H and O–H groups in total. The van der Waals surface area contributed by atoms with E-state index in [0.717, 1.165) is 49.5 Å². The second-order valence-electron chi connectivity index (χ2n) is 11.0. The molecule has 0 amide bonds. The normalized spacial score (nSPS) is 19.6. The molecule has 43 heavy (non-hydrogen) atoms. The van der Waals surface area contributed by atoms with Crippen LogP contribution < -0.4 is 14.4 Å². The van der Waals surface area contributed by atoms with Gasteiger partial charge in [0.1, 0.15) is 24.9 Å². The highest BCUT2D eigenvalue weighted by molar-refractivity contribution is 5.92. The third kappa shape index (κ3) is 5.33. The highest BCUT2D eigenvalue weighted by atomic mass is 19.1. The SMILES string of the molecule is N#Cc1ccc(COc2ccc3c(n2)N2CCN(Cc4nc5ccc(C(=O)O)cc5n4C[C@@H]4CCO4)C[C@H]2CO3)c(F)c1. The lowest BCUT2D eigenvalue weighted by molar-refractivity contribution is -0.0592. The summed E-state index contributed by atoms with van der Waals surface area (Å²) in [6.45, 7) is 4.69. The number of nitriles is 1. The molecule has 0 radical (unpaired) electrons. The minimum Gasteiger partial charge on any atom is -0.488 e. The lowest BCUT2D eigenvalue weighted by Crippen LogP contribution is -2.57. The lowest BCUT2D eigenvalue weighted by Gasteiger charge is -2.44. The number of halogens is 1. The molecule has 4 aromatic rings. The van der Waals surface area contributed by atoms with E-state index in [4.69, 9.17) is 29.4 Å². The van der Waals surface area contributed by atoms with E-state index >= 15 is 0 Å². The van der Waals surface area contributed by atoms with E-state index in [0.29, 0.717) is 42.7 Å². The topological polar surface area (TPSA) is 126 Å². The Hall–Kier alpha value is -4.73. The molecule has 5 heterocycles. The van der Waals surface area contributed by atoms with Gasteiger partial charge in [-0.1, -0.05) is 6.07 Å². The van der Waals surface area contributed by atoms with Crippen LogP contribution in [-0.4, -0.2) is 75.5 Å². The van der Waals surface area contributed by atoms with Gasteiger partial charge in [0.2, 0.25) is 5.88 Å². The molecule has 0 saturated carbocycles. The summed E-state index contributed by atoms with van der Waals surface area (Å²) in [7, 11) is 0. The molecule has 3 aliphatic rings. The van der Waals surface area contributed by atoms with Crippen molar-refractivity contribution in [3.63, 3.8) is 0 Å². The van der Waals surface area contributed by atoms with Gasteiger partial charge in [0.25, 0.3) is 0 Å². The van der Waals surface area contributed by atoms with Gasteiger partial charge in [0.05, 0.1) is 53.5 Å². The Morgan fingerprint density at radius 2 is 2.05 bits per heavy atom. The molecular formula is C31H29FN6O5.